The Hall–Kier alpha value is -3.59. The van der Waals surface area contributed by atoms with Gasteiger partial charge in [-0.1, -0.05) is 73.7 Å². The summed E-state index contributed by atoms with van der Waals surface area (Å²) in [7, 11) is 0. The Morgan fingerprint density at radius 3 is 2.32 bits per heavy atom. The predicted octanol–water partition coefficient (Wildman–Crippen LogP) is 8.73. The standard InChI is InChI=1S/C20H16NO.C13H12N.Ir/c1-13(2)14-10-11-21-18(12-14)17-8-5-7-16-15-6-3-4-9-19(15)22-20(16)17;1-10-3-6-12(7-4-10)13-8-5-11(2)9-14-13;/h3-7,9-13H,1-2H3;3-6,8-9H,1-2H3;/q2*-1;. The summed E-state index contributed by atoms with van der Waals surface area (Å²) < 4.78 is 6.07. The van der Waals surface area contributed by atoms with Gasteiger partial charge in [0.25, 0.3) is 0 Å². The molecular weight excluding hydrogens is 633 g/mol. The molecule has 1 radical (unpaired) electrons. The van der Waals surface area contributed by atoms with E-state index >= 15 is 0 Å². The van der Waals surface area contributed by atoms with Crippen molar-refractivity contribution in [1.82, 2.24) is 9.97 Å². The maximum atomic E-state index is 6.07. The second kappa shape index (κ2) is 11.6. The minimum atomic E-state index is 0. The summed E-state index contributed by atoms with van der Waals surface area (Å²) in [5, 5.41) is 2.24. The molecule has 0 aliphatic rings. The van der Waals surface area contributed by atoms with Gasteiger partial charge in [0.15, 0.2) is 0 Å². The maximum absolute atomic E-state index is 6.07. The number of benzene rings is 3. The second-order valence-electron chi connectivity index (χ2n) is 9.32. The van der Waals surface area contributed by atoms with E-state index in [0.29, 0.717) is 5.92 Å². The van der Waals surface area contributed by atoms with Gasteiger partial charge in [-0.3, -0.25) is 0 Å². The summed E-state index contributed by atoms with van der Waals surface area (Å²) in [6, 6.07) is 33.0. The quantitative estimate of drug-likeness (QED) is 0.178. The van der Waals surface area contributed by atoms with Gasteiger partial charge in [-0.15, -0.1) is 53.6 Å². The summed E-state index contributed by atoms with van der Waals surface area (Å²) in [5.41, 5.74) is 9.31. The number of pyridine rings is 2. The zero-order valence-electron chi connectivity index (χ0n) is 21.4. The van der Waals surface area contributed by atoms with Crippen LogP contribution in [0.3, 0.4) is 0 Å². The molecule has 0 saturated heterocycles. The van der Waals surface area contributed by atoms with Crippen molar-refractivity contribution >= 4 is 21.9 Å². The monoisotopic (exact) mass is 661 g/mol. The van der Waals surface area contributed by atoms with Gasteiger partial charge in [0.1, 0.15) is 5.58 Å². The normalized spacial score (nSPS) is 10.7. The van der Waals surface area contributed by atoms with Crippen molar-refractivity contribution in [2.75, 3.05) is 0 Å². The van der Waals surface area contributed by atoms with Crippen LogP contribution in [0.15, 0.2) is 95.7 Å². The van der Waals surface area contributed by atoms with Crippen LogP contribution in [0.25, 0.3) is 44.5 Å². The van der Waals surface area contributed by atoms with E-state index in [0.717, 1.165) is 44.5 Å². The first kappa shape index (κ1) is 26.5. The van der Waals surface area contributed by atoms with Crippen LogP contribution in [-0.4, -0.2) is 9.97 Å². The number of furan rings is 1. The van der Waals surface area contributed by atoms with Crippen LogP contribution in [0.2, 0.25) is 0 Å². The molecule has 3 heterocycles. The van der Waals surface area contributed by atoms with E-state index in [1.807, 2.05) is 61.8 Å². The van der Waals surface area contributed by atoms with Crippen molar-refractivity contribution < 1.29 is 24.5 Å². The Kier molecular flexibility index (Phi) is 8.33. The largest absolute Gasteiger partial charge is 0.501 e. The molecule has 0 N–H and O–H groups in total. The fourth-order valence-corrected chi connectivity index (χ4v) is 4.11. The minimum Gasteiger partial charge on any atom is -0.501 e. The molecule has 0 amide bonds. The number of fused-ring (bicyclic) bond motifs is 3. The number of hydrogen-bond donors (Lipinski definition) is 0. The molecule has 3 aromatic heterocycles. The van der Waals surface area contributed by atoms with Gasteiger partial charge in [0, 0.05) is 37.9 Å². The van der Waals surface area contributed by atoms with Crippen molar-refractivity contribution in [3.63, 3.8) is 0 Å². The van der Waals surface area contributed by atoms with Crippen LogP contribution in [-0.2, 0) is 20.1 Å². The summed E-state index contributed by atoms with van der Waals surface area (Å²) in [4.78, 5) is 8.87. The van der Waals surface area contributed by atoms with Crippen LogP contribution in [0.5, 0.6) is 0 Å². The Balaban J connectivity index is 0.000000186. The number of para-hydroxylation sites is 1. The molecule has 3 aromatic carbocycles. The molecule has 4 heteroatoms. The number of aromatic nitrogens is 2. The molecule has 0 fully saturated rings. The number of aryl methyl sites for hydroxylation is 2. The smallest absolute Gasteiger partial charge is 0.120 e. The van der Waals surface area contributed by atoms with Crippen LogP contribution in [0.1, 0.15) is 36.5 Å². The Bertz CT molecular complexity index is 1570. The van der Waals surface area contributed by atoms with Gasteiger partial charge in [-0.05, 0) is 41.9 Å². The fraction of sp³-hybridized carbons (Fsp3) is 0.152. The van der Waals surface area contributed by atoms with Gasteiger partial charge < -0.3 is 14.4 Å². The third-order valence-electron chi connectivity index (χ3n) is 6.20. The second-order valence-corrected chi connectivity index (χ2v) is 9.32. The predicted molar refractivity (Wildman–Crippen MR) is 148 cm³/mol. The van der Waals surface area contributed by atoms with Crippen LogP contribution in [0, 0.1) is 26.0 Å². The van der Waals surface area contributed by atoms with Crippen LogP contribution >= 0.6 is 0 Å². The van der Waals surface area contributed by atoms with Crippen molar-refractivity contribution in [2.24, 2.45) is 0 Å². The first-order valence-electron chi connectivity index (χ1n) is 12.2. The van der Waals surface area contributed by atoms with Gasteiger partial charge in [-0.2, -0.15) is 0 Å². The molecule has 0 aliphatic heterocycles. The van der Waals surface area contributed by atoms with Gasteiger partial charge in [0.2, 0.25) is 0 Å². The van der Waals surface area contributed by atoms with E-state index < -0.39 is 0 Å². The fourth-order valence-electron chi connectivity index (χ4n) is 4.11. The molecule has 37 heavy (non-hydrogen) atoms. The summed E-state index contributed by atoms with van der Waals surface area (Å²) in [6.07, 6.45) is 3.74. The van der Waals surface area contributed by atoms with E-state index in [1.165, 1.54) is 16.7 Å². The molecule has 0 bridgehead atoms. The van der Waals surface area contributed by atoms with E-state index in [1.54, 1.807) is 0 Å². The van der Waals surface area contributed by atoms with Gasteiger partial charge >= 0.3 is 0 Å². The Morgan fingerprint density at radius 1 is 0.784 bits per heavy atom. The van der Waals surface area contributed by atoms with E-state index in [4.69, 9.17) is 4.42 Å². The Labute approximate surface area is 232 Å². The van der Waals surface area contributed by atoms with Crippen molar-refractivity contribution in [3.8, 4) is 22.5 Å². The molecule has 0 unspecified atom stereocenters. The first-order valence-corrected chi connectivity index (χ1v) is 12.2. The molecule has 0 aliphatic carbocycles. The zero-order valence-corrected chi connectivity index (χ0v) is 23.8. The van der Waals surface area contributed by atoms with E-state index in [-0.39, 0.29) is 20.1 Å². The molecule has 6 rings (SSSR count). The average Bonchev–Trinajstić information content (AvgIpc) is 3.29. The molecule has 3 nitrogen and oxygen atoms in total. The molecule has 187 valence electrons. The topological polar surface area (TPSA) is 38.9 Å². The minimum absolute atomic E-state index is 0. The first-order chi connectivity index (χ1) is 17.5. The van der Waals surface area contributed by atoms with Crippen molar-refractivity contribution in [1.29, 1.82) is 0 Å². The Morgan fingerprint density at radius 2 is 1.59 bits per heavy atom. The third kappa shape index (κ3) is 5.88. The number of hydrogen-bond acceptors (Lipinski definition) is 3. The third-order valence-corrected chi connectivity index (χ3v) is 6.20. The molecule has 0 spiro atoms. The van der Waals surface area contributed by atoms with E-state index in [9.17, 15) is 0 Å². The average molecular weight is 661 g/mol. The summed E-state index contributed by atoms with van der Waals surface area (Å²) >= 11 is 0. The molecule has 0 atom stereocenters. The van der Waals surface area contributed by atoms with Crippen LogP contribution in [0.4, 0.5) is 0 Å². The summed E-state index contributed by atoms with van der Waals surface area (Å²) in [6.45, 7) is 8.47. The van der Waals surface area contributed by atoms with Crippen molar-refractivity contribution in [3.05, 3.63) is 120 Å². The summed E-state index contributed by atoms with van der Waals surface area (Å²) in [5.74, 6) is 0.469. The maximum Gasteiger partial charge on any atom is 0.120 e. The van der Waals surface area contributed by atoms with Gasteiger partial charge in [0.05, 0.1) is 5.58 Å². The molecular formula is C33H28IrN2O-2. The zero-order chi connectivity index (χ0) is 25.1. The SMILES string of the molecule is CC(C)c1ccnc(-c2[c-]ccc3c2oc2ccccc23)c1.Cc1c[c-]c(-c2ccc(C)cn2)cc1.[Ir]. The van der Waals surface area contributed by atoms with Gasteiger partial charge in [-0.25, -0.2) is 0 Å². The molecule has 6 aromatic rings. The number of nitrogens with zero attached hydrogens (tertiary/aromatic N) is 2. The van der Waals surface area contributed by atoms with Crippen molar-refractivity contribution in [2.45, 2.75) is 33.6 Å². The van der Waals surface area contributed by atoms with Crippen LogP contribution < -0.4 is 0 Å². The van der Waals surface area contributed by atoms with E-state index in [2.05, 4.69) is 79.3 Å². The molecule has 0 saturated carbocycles. The number of rotatable bonds is 3.